The van der Waals surface area contributed by atoms with Crippen LogP contribution >= 0.6 is 0 Å². The highest BCUT2D eigenvalue weighted by Crippen LogP contribution is 2.37. The smallest absolute Gasteiger partial charge is 0.244 e. The van der Waals surface area contributed by atoms with Gasteiger partial charge < -0.3 is 10.6 Å². The van der Waals surface area contributed by atoms with Crippen LogP contribution in [-0.4, -0.2) is 50.1 Å². The number of fused-ring (bicyclic) bond motifs is 1. The molecule has 1 aromatic heterocycles. The van der Waals surface area contributed by atoms with Gasteiger partial charge in [-0.15, -0.1) is 5.10 Å². The average Bonchev–Trinajstić information content (AvgIpc) is 2.97. The van der Waals surface area contributed by atoms with Crippen molar-refractivity contribution in [1.82, 2.24) is 25.1 Å². The maximum absolute atomic E-state index is 12.0. The van der Waals surface area contributed by atoms with E-state index in [1.165, 1.54) is 11.0 Å². The van der Waals surface area contributed by atoms with E-state index in [1.807, 2.05) is 4.90 Å². The van der Waals surface area contributed by atoms with Gasteiger partial charge in [-0.3, -0.25) is 4.79 Å². The Morgan fingerprint density at radius 2 is 2.29 bits per heavy atom. The van der Waals surface area contributed by atoms with E-state index in [0.717, 1.165) is 25.9 Å². The SMILES string of the molecule is NC1CCC2CN(C(=O)Cn3cnnn3)CC12. The molecule has 7 nitrogen and oxygen atoms in total. The minimum absolute atomic E-state index is 0.0823. The molecule has 3 unspecified atom stereocenters. The molecule has 0 spiro atoms. The van der Waals surface area contributed by atoms with E-state index in [1.54, 1.807) is 0 Å². The molecule has 2 heterocycles. The molecule has 1 amide bonds. The van der Waals surface area contributed by atoms with Crippen molar-refractivity contribution in [2.75, 3.05) is 13.1 Å². The van der Waals surface area contributed by atoms with Crippen LogP contribution in [0.15, 0.2) is 6.33 Å². The normalized spacial score (nSPS) is 31.8. The van der Waals surface area contributed by atoms with Crippen molar-refractivity contribution in [3.05, 3.63) is 6.33 Å². The third-order valence-electron chi connectivity index (χ3n) is 3.95. The summed E-state index contributed by atoms with van der Waals surface area (Å²) in [5.41, 5.74) is 6.04. The lowest BCUT2D eigenvalue weighted by molar-refractivity contribution is -0.131. The number of hydrogen-bond donors (Lipinski definition) is 1. The first kappa shape index (κ1) is 10.6. The second kappa shape index (κ2) is 4.06. The van der Waals surface area contributed by atoms with Crippen LogP contribution in [0.5, 0.6) is 0 Å². The molecule has 1 saturated carbocycles. The number of nitrogens with zero attached hydrogens (tertiary/aromatic N) is 5. The van der Waals surface area contributed by atoms with Crippen LogP contribution in [0.2, 0.25) is 0 Å². The van der Waals surface area contributed by atoms with Gasteiger partial charge in [0.05, 0.1) is 0 Å². The van der Waals surface area contributed by atoms with Crippen LogP contribution in [0.3, 0.4) is 0 Å². The van der Waals surface area contributed by atoms with Crippen molar-refractivity contribution in [1.29, 1.82) is 0 Å². The summed E-state index contributed by atoms with van der Waals surface area (Å²) in [7, 11) is 0. The molecular formula is C10H16N6O. The highest BCUT2D eigenvalue weighted by Gasteiger charge is 2.42. The number of tetrazole rings is 1. The van der Waals surface area contributed by atoms with E-state index in [-0.39, 0.29) is 18.5 Å². The van der Waals surface area contributed by atoms with E-state index in [9.17, 15) is 4.79 Å². The van der Waals surface area contributed by atoms with Crippen molar-refractivity contribution in [3.63, 3.8) is 0 Å². The van der Waals surface area contributed by atoms with E-state index in [0.29, 0.717) is 11.8 Å². The monoisotopic (exact) mass is 236 g/mol. The van der Waals surface area contributed by atoms with Crippen LogP contribution in [0.1, 0.15) is 12.8 Å². The Labute approximate surface area is 98.9 Å². The van der Waals surface area contributed by atoms with Crippen LogP contribution in [0.4, 0.5) is 0 Å². The fraction of sp³-hybridized carbons (Fsp3) is 0.800. The molecule has 2 N–H and O–H groups in total. The predicted molar refractivity (Wildman–Crippen MR) is 58.6 cm³/mol. The van der Waals surface area contributed by atoms with Crippen molar-refractivity contribution in [2.24, 2.45) is 17.6 Å². The Hall–Kier alpha value is -1.50. The zero-order valence-electron chi connectivity index (χ0n) is 9.57. The number of hydrogen-bond acceptors (Lipinski definition) is 5. The number of rotatable bonds is 2. The van der Waals surface area contributed by atoms with Gasteiger partial charge in [-0.25, -0.2) is 4.68 Å². The second-order valence-electron chi connectivity index (χ2n) is 4.97. The maximum atomic E-state index is 12.0. The van der Waals surface area contributed by atoms with Gasteiger partial charge in [-0.1, -0.05) is 0 Å². The van der Waals surface area contributed by atoms with E-state index < -0.39 is 0 Å². The van der Waals surface area contributed by atoms with E-state index in [2.05, 4.69) is 15.5 Å². The number of nitrogens with two attached hydrogens (primary N) is 1. The Kier molecular flexibility index (Phi) is 2.54. The molecule has 0 bridgehead atoms. The number of carbonyl (C=O) groups is 1. The number of carbonyl (C=O) groups excluding carboxylic acids is 1. The van der Waals surface area contributed by atoms with Gasteiger partial charge in [0.15, 0.2) is 0 Å². The fourth-order valence-electron chi connectivity index (χ4n) is 3.00. The summed E-state index contributed by atoms with van der Waals surface area (Å²) < 4.78 is 1.45. The number of likely N-dealkylation sites (tertiary alicyclic amines) is 1. The van der Waals surface area contributed by atoms with Gasteiger partial charge in [0.25, 0.3) is 0 Å². The van der Waals surface area contributed by atoms with Gasteiger partial charge in [-0.05, 0) is 35.1 Å². The summed E-state index contributed by atoms with van der Waals surface area (Å²) in [5.74, 6) is 1.18. The summed E-state index contributed by atoms with van der Waals surface area (Å²) in [6.07, 6.45) is 3.71. The predicted octanol–water partition coefficient (Wildman–Crippen LogP) is -1.13. The molecule has 0 radical (unpaired) electrons. The third-order valence-corrected chi connectivity index (χ3v) is 3.95. The number of aromatic nitrogens is 4. The maximum Gasteiger partial charge on any atom is 0.244 e. The summed E-state index contributed by atoms with van der Waals surface area (Å²) in [4.78, 5) is 13.9. The minimum Gasteiger partial charge on any atom is -0.340 e. The van der Waals surface area contributed by atoms with Crippen molar-refractivity contribution in [2.45, 2.75) is 25.4 Å². The molecule has 92 valence electrons. The minimum atomic E-state index is 0.0823. The van der Waals surface area contributed by atoms with Gasteiger partial charge >= 0.3 is 0 Å². The largest absolute Gasteiger partial charge is 0.340 e. The highest BCUT2D eigenvalue weighted by molar-refractivity contribution is 5.76. The molecule has 2 fully saturated rings. The van der Waals surface area contributed by atoms with Crippen molar-refractivity contribution in [3.8, 4) is 0 Å². The van der Waals surface area contributed by atoms with Crippen LogP contribution in [-0.2, 0) is 11.3 Å². The second-order valence-corrected chi connectivity index (χ2v) is 4.97. The van der Waals surface area contributed by atoms with Gasteiger partial charge in [0.2, 0.25) is 5.91 Å². The van der Waals surface area contributed by atoms with Crippen molar-refractivity contribution < 1.29 is 4.79 Å². The Bertz CT molecular complexity index is 405. The first-order valence-electron chi connectivity index (χ1n) is 5.98. The zero-order valence-corrected chi connectivity index (χ0v) is 9.57. The van der Waals surface area contributed by atoms with E-state index >= 15 is 0 Å². The van der Waals surface area contributed by atoms with Gasteiger partial charge in [0, 0.05) is 19.1 Å². The standard InChI is InChI=1S/C10H16N6O/c11-9-2-1-7-3-15(4-8(7)9)10(17)5-16-6-12-13-14-16/h6-9H,1-5,11H2. The fourth-order valence-corrected chi connectivity index (χ4v) is 3.00. The first-order chi connectivity index (χ1) is 8.24. The van der Waals surface area contributed by atoms with Crippen LogP contribution in [0, 0.1) is 11.8 Å². The molecule has 2 aliphatic rings. The summed E-state index contributed by atoms with van der Waals surface area (Å²) in [6, 6.07) is 0.269. The van der Waals surface area contributed by atoms with Crippen LogP contribution < -0.4 is 5.73 Å². The highest BCUT2D eigenvalue weighted by atomic mass is 16.2. The third kappa shape index (κ3) is 1.90. The zero-order chi connectivity index (χ0) is 11.8. The quantitative estimate of drug-likeness (QED) is 0.701. The lowest BCUT2D eigenvalue weighted by Gasteiger charge is -2.18. The number of amides is 1. The lowest BCUT2D eigenvalue weighted by Crippen LogP contribution is -2.35. The first-order valence-corrected chi connectivity index (χ1v) is 5.98. The van der Waals surface area contributed by atoms with Gasteiger partial charge in [-0.2, -0.15) is 0 Å². The van der Waals surface area contributed by atoms with Crippen LogP contribution in [0.25, 0.3) is 0 Å². The molecule has 0 aromatic carbocycles. The van der Waals surface area contributed by atoms with E-state index in [4.69, 9.17) is 5.73 Å². The summed E-state index contributed by atoms with van der Waals surface area (Å²) in [6.45, 7) is 1.87. The molecular weight excluding hydrogens is 220 g/mol. The topological polar surface area (TPSA) is 89.9 Å². The molecule has 1 aromatic rings. The Balaban J connectivity index is 1.61. The molecule has 3 rings (SSSR count). The molecule has 17 heavy (non-hydrogen) atoms. The van der Waals surface area contributed by atoms with Gasteiger partial charge in [0.1, 0.15) is 12.9 Å². The Morgan fingerprint density at radius 1 is 1.41 bits per heavy atom. The summed E-state index contributed by atoms with van der Waals surface area (Å²) in [5, 5.41) is 10.7. The van der Waals surface area contributed by atoms with Crippen molar-refractivity contribution >= 4 is 5.91 Å². The average molecular weight is 236 g/mol. The molecule has 1 saturated heterocycles. The molecule has 1 aliphatic carbocycles. The Morgan fingerprint density at radius 3 is 3.00 bits per heavy atom. The summed E-state index contributed by atoms with van der Waals surface area (Å²) >= 11 is 0. The molecule has 1 aliphatic heterocycles. The lowest BCUT2D eigenvalue weighted by atomic mass is 9.98. The molecule has 3 atom stereocenters. The molecule has 7 heteroatoms.